The number of aliphatic carboxylic acids is 1. The van der Waals surface area contributed by atoms with E-state index < -0.39 is 12.1 Å². The summed E-state index contributed by atoms with van der Waals surface area (Å²) in [6, 6.07) is 0. The van der Waals surface area contributed by atoms with Crippen LogP contribution in [0.15, 0.2) is 0 Å². The fraction of sp³-hybridized carbons (Fsp3) is 0.833. The van der Waals surface area contributed by atoms with Crippen molar-refractivity contribution >= 4 is 18.4 Å². The predicted molar refractivity (Wildman–Crippen MR) is 43.0 cm³/mol. The Bertz CT molecular complexity index is 121. The quantitative estimate of drug-likeness (QED) is 0.704. The second-order valence-electron chi connectivity index (χ2n) is 2.40. The average molecular weight is 186 g/mol. The molecule has 11 heavy (non-hydrogen) atoms. The number of rotatable bonds is 4. The van der Waals surface area contributed by atoms with E-state index in [1.54, 1.807) is 19.0 Å². The first kappa shape index (κ1) is 13.3. The zero-order valence-electron chi connectivity index (χ0n) is 6.58. The van der Waals surface area contributed by atoms with Gasteiger partial charge in [-0.1, -0.05) is 0 Å². The smallest absolute Gasteiger partial charge is 0.338 e. The zero-order chi connectivity index (χ0) is 8.15. The van der Waals surface area contributed by atoms with Gasteiger partial charge in [-0.2, -0.15) is 0 Å². The molecular weight excluding hydrogens is 173 g/mol. The minimum atomic E-state index is -1.72. The fourth-order valence-electron chi connectivity index (χ4n) is 0.495. The molecule has 0 heterocycles. The van der Waals surface area contributed by atoms with Crippen LogP contribution >= 0.6 is 12.4 Å². The van der Waals surface area contributed by atoms with Gasteiger partial charge in [-0.25, -0.2) is 9.18 Å². The third kappa shape index (κ3) is 7.55. The van der Waals surface area contributed by atoms with Gasteiger partial charge in [-0.3, -0.25) is 0 Å². The van der Waals surface area contributed by atoms with Gasteiger partial charge in [0, 0.05) is 13.0 Å². The van der Waals surface area contributed by atoms with E-state index >= 15 is 0 Å². The van der Waals surface area contributed by atoms with Crippen molar-refractivity contribution < 1.29 is 14.3 Å². The van der Waals surface area contributed by atoms with E-state index in [9.17, 15) is 9.18 Å². The number of hydrogen-bond donors (Lipinski definition) is 1. The summed E-state index contributed by atoms with van der Waals surface area (Å²) >= 11 is 0. The van der Waals surface area contributed by atoms with Gasteiger partial charge in [0.2, 0.25) is 0 Å². The van der Waals surface area contributed by atoms with Crippen molar-refractivity contribution in [2.24, 2.45) is 0 Å². The summed E-state index contributed by atoms with van der Waals surface area (Å²) in [7, 11) is 3.54. The van der Waals surface area contributed by atoms with Crippen LogP contribution in [0.2, 0.25) is 0 Å². The molecule has 0 aromatic rings. The first-order valence-electron chi connectivity index (χ1n) is 3.05. The van der Waals surface area contributed by atoms with Crippen molar-refractivity contribution in [2.75, 3.05) is 20.6 Å². The van der Waals surface area contributed by atoms with Crippen molar-refractivity contribution in [3.8, 4) is 0 Å². The molecule has 5 heteroatoms. The molecule has 0 aromatic carbocycles. The normalized spacial score (nSPS) is 12.4. The summed E-state index contributed by atoms with van der Waals surface area (Å²) in [5, 5.41) is 8.10. The molecule has 1 atom stereocenters. The second-order valence-corrected chi connectivity index (χ2v) is 2.40. The minimum absolute atomic E-state index is 0. The van der Waals surface area contributed by atoms with Crippen LogP contribution in [0.1, 0.15) is 6.42 Å². The molecule has 0 rings (SSSR count). The third-order valence-electron chi connectivity index (χ3n) is 1.10. The average Bonchev–Trinajstić information content (AvgIpc) is 1.82. The molecule has 0 fully saturated rings. The molecule has 68 valence electrons. The summed E-state index contributed by atoms with van der Waals surface area (Å²) in [6.45, 7) is 0.466. The lowest BCUT2D eigenvalue weighted by Crippen LogP contribution is -2.22. The summed E-state index contributed by atoms with van der Waals surface area (Å²) in [5.41, 5.74) is 0. The Labute approximate surface area is 71.6 Å². The van der Waals surface area contributed by atoms with Crippen LogP contribution < -0.4 is 0 Å². The lowest BCUT2D eigenvalue weighted by atomic mass is 10.3. The number of carboxylic acids is 1. The summed E-state index contributed by atoms with van der Waals surface area (Å²) in [6.07, 6.45) is -1.66. The van der Waals surface area contributed by atoms with E-state index in [2.05, 4.69) is 0 Å². The monoisotopic (exact) mass is 185 g/mol. The fourth-order valence-corrected chi connectivity index (χ4v) is 0.495. The number of halogens is 2. The highest BCUT2D eigenvalue weighted by Gasteiger charge is 2.14. The van der Waals surface area contributed by atoms with Gasteiger partial charge in [0.15, 0.2) is 6.17 Å². The van der Waals surface area contributed by atoms with Crippen molar-refractivity contribution in [3.63, 3.8) is 0 Å². The molecule has 0 unspecified atom stereocenters. The maximum absolute atomic E-state index is 12.3. The van der Waals surface area contributed by atoms with E-state index in [4.69, 9.17) is 5.11 Å². The van der Waals surface area contributed by atoms with Gasteiger partial charge in [0.1, 0.15) is 0 Å². The molecule has 0 amide bonds. The molecule has 0 aliphatic rings. The first-order valence-corrected chi connectivity index (χ1v) is 3.05. The molecule has 0 bridgehead atoms. The SMILES string of the molecule is CN(C)CC[C@@H](F)C(=O)O.Cl. The largest absolute Gasteiger partial charge is 0.479 e. The Morgan fingerprint density at radius 1 is 1.64 bits per heavy atom. The van der Waals surface area contributed by atoms with E-state index in [1.807, 2.05) is 0 Å². The summed E-state index contributed by atoms with van der Waals surface area (Å²) in [5.74, 6) is -1.37. The number of carboxylic acid groups (broad SMARTS) is 1. The highest BCUT2D eigenvalue weighted by Crippen LogP contribution is 1.97. The van der Waals surface area contributed by atoms with Crippen LogP contribution in [0.25, 0.3) is 0 Å². The molecule has 0 aliphatic heterocycles. The molecule has 0 saturated heterocycles. The minimum Gasteiger partial charge on any atom is -0.479 e. The number of nitrogens with zero attached hydrogens (tertiary/aromatic N) is 1. The molecule has 0 aliphatic carbocycles. The topological polar surface area (TPSA) is 40.5 Å². The van der Waals surface area contributed by atoms with Gasteiger partial charge >= 0.3 is 5.97 Å². The molecule has 0 spiro atoms. The van der Waals surface area contributed by atoms with Crippen molar-refractivity contribution in [2.45, 2.75) is 12.6 Å². The van der Waals surface area contributed by atoms with E-state index in [1.165, 1.54) is 0 Å². The van der Waals surface area contributed by atoms with Crippen LogP contribution in [0, 0.1) is 0 Å². The second kappa shape index (κ2) is 6.37. The van der Waals surface area contributed by atoms with Crippen LogP contribution in [-0.4, -0.2) is 42.8 Å². The lowest BCUT2D eigenvalue weighted by molar-refractivity contribution is -0.143. The Hall–Kier alpha value is -0.350. The first-order chi connectivity index (χ1) is 4.54. The molecular formula is C6H13ClFNO2. The van der Waals surface area contributed by atoms with Crippen LogP contribution in [0.4, 0.5) is 4.39 Å². The number of carbonyl (C=O) groups is 1. The maximum atomic E-state index is 12.3. The third-order valence-corrected chi connectivity index (χ3v) is 1.10. The van der Waals surface area contributed by atoms with Gasteiger partial charge in [-0.15, -0.1) is 12.4 Å². The van der Waals surface area contributed by atoms with Gasteiger partial charge in [-0.05, 0) is 14.1 Å². The van der Waals surface area contributed by atoms with E-state index in [-0.39, 0.29) is 18.8 Å². The van der Waals surface area contributed by atoms with Crippen molar-refractivity contribution in [3.05, 3.63) is 0 Å². The standard InChI is InChI=1S/C6H12FNO2.ClH/c1-8(2)4-3-5(7)6(9)10;/h5H,3-4H2,1-2H3,(H,9,10);1H/t5-;/m1./s1. The van der Waals surface area contributed by atoms with Gasteiger partial charge in [0.25, 0.3) is 0 Å². The number of alkyl halides is 1. The van der Waals surface area contributed by atoms with Crippen LogP contribution in [0.3, 0.4) is 0 Å². The van der Waals surface area contributed by atoms with Gasteiger partial charge in [0.05, 0.1) is 0 Å². The van der Waals surface area contributed by atoms with Crippen molar-refractivity contribution in [1.29, 1.82) is 0 Å². The predicted octanol–water partition coefficient (Wildman–Crippen LogP) is 0.783. The van der Waals surface area contributed by atoms with Crippen molar-refractivity contribution in [1.82, 2.24) is 4.90 Å². The zero-order valence-corrected chi connectivity index (χ0v) is 7.40. The van der Waals surface area contributed by atoms with Crippen LogP contribution in [0.5, 0.6) is 0 Å². The summed E-state index contributed by atoms with van der Waals surface area (Å²) in [4.78, 5) is 11.7. The highest BCUT2D eigenvalue weighted by atomic mass is 35.5. The lowest BCUT2D eigenvalue weighted by Gasteiger charge is -2.08. The Balaban J connectivity index is 0. The number of hydrogen-bond acceptors (Lipinski definition) is 2. The van der Waals surface area contributed by atoms with E-state index in [0.717, 1.165) is 0 Å². The van der Waals surface area contributed by atoms with Gasteiger partial charge < -0.3 is 10.0 Å². The van der Waals surface area contributed by atoms with Crippen LogP contribution in [-0.2, 0) is 4.79 Å². The molecule has 0 aromatic heterocycles. The maximum Gasteiger partial charge on any atom is 0.338 e. The Kier molecular flexibility index (Phi) is 7.67. The molecule has 0 radical (unpaired) electrons. The molecule has 3 nitrogen and oxygen atoms in total. The Morgan fingerprint density at radius 3 is 2.36 bits per heavy atom. The Morgan fingerprint density at radius 2 is 2.09 bits per heavy atom. The van der Waals surface area contributed by atoms with E-state index in [0.29, 0.717) is 6.54 Å². The highest BCUT2D eigenvalue weighted by molar-refractivity contribution is 5.85. The summed E-state index contributed by atoms with van der Waals surface area (Å²) < 4.78 is 12.3. The molecule has 1 N–H and O–H groups in total. The molecule has 0 saturated carbocycles.